The first-order valence-electron chi connectivity index (χ1n) is 5.19. The van der Waals surface area contributed by atoms with Crippen molar-refractivity contribution in [1.82, 2.24) is 0 Å². The molecule has 0 bridgehead atoms. The number of halogens is 1. The van der Waals surface area contributed by atoms with Gasteiger partial charge in [-0.1, -0.05) is 19.1 Å². The van der Waals surface area contributed by atoms with Crippen molar-refractivity contribution in [3.05, 3.63) is 29.6 Å². The molecule has 0 aromatic heterocycles. The van der Waals surface area contributed by atoms with Gasteiger partial charge in [0.1, 0.15) is 0 Å². The summed E-state index contributed by atoms with van der Waals surface area (Å²) in [5.41, 5.74) is 0.796. The predicted octanol–water partition coefficient (Wildman–Crippen LogP) is 2.50. The maximum atomic E-state index is 13.3. The fraction of sp³-hybridized carbons (Fsp3) is 0.417. The van der Waals surface area contributed by atoms with E-state index in [4.69, 9.17) is 4.74 Å². The van der Waals surface area contributed by atoms with Gasteiger partial charge in [-0.2, -0.15) is 0 Å². The highest BCUT2D eigenvalue weighted by Crippen LogP contribution is 2.31. The molecular weight excluding hydrogens is 195 g/mol. The van der Waals surface area contributed by atoms with Crippen molar-refractivity contribution in [3.8, 4) is 5.75 Å². The van der Waals surface area contributed by atoms with Crippen LogP contribution in [-0.2, 0) is 11.2 Å². The van der Waals surface area contributed by atoms with E-state index in [0.29, 0.717) is 12.8 Å². The van der Waals surface area contributed by atoms with Crippen LogP contribution < -0.4 is 4.74 Å². The number of ether oxygens (including phenoxy) is 1. The third-order valence-corrected chi connectivity index (χ3v) is 2.57. The maximum absolute atomic E-state index is 13.3. The van der Waals surface area contributed by atoms with Crippen LogP contribution in [0.2, 0.25) is 0 Å². The van der Waals surface area contributed by atoms with Crippen molar-refractivity contribution in [2.75, 3.05) is 0 Å². The Morgan fingerprint density at radius 3 is 3.07 bits per heavy atom. The van der Waals surface area contributed by atoms with E-state index in [1.807, 2.05) is 6.92 Å². The van der Waals surface area contributed by atoms with E-state index in [0.717, 1.165) is 12.0 Å². The molecule has 2 rings (SSSR count). The van der Waals surface area contributed by atoms with Gasteiger partial charge in [-0.05, 0) is 12.5 Å². The number of Topliss-reactive ketones (excluding diaryl/α,β-unsaturated/α-hetero) is 1. The fourth-order valence-corrected chi connectivity index (χ4v) is 1.82. The van der Waals surface area contributed by atoms with Gasteiger partial charge in [0.25, 0.3) is 0 Å². The van der Waals surface area contributed by atoms with Crippen LogP contribution in [0.3, 0.4) is 0 Å². The van der Waals surface area contributed by atoms with Crippen LogP contribution in [-0.4, -0.2) is 11.9 Å². The second-order valence-corrected chi connectivity index (χ2v) is 3.76. The van der Waals surface area contributed by atoms with Crippen LogP contribution in [0.5, 0.6) is 5.75 Å². The normalized spacial score (nSPS) is 18.4. The number of hydrogen-bond donors (Lipinski definition) is 0. The zero-order valence-corrected chi connectivity index (χ0v) is 8.63. The number of rotatable bonds is 3. The maximum Gasteiger partial charge on any atom is 0.173 e. The van der Waals surface area contributed by atoms with E-state index in [1.54, 1.807) is 12.1 Å². The summed E-state index contributed by atoms with van der Waals surface area (Å²) in [4.78, 5) is 11.6. The van der Waals surface area contributed by atoms with Gasteiger partial charge in [-0.3, -0.25) is 4.79 Å². The highest BCUT2D eigenvalue weighted by molar-refractivity contribution is 5.84. The summed E-state index contributed by atoms with van der Waals surface area (Å²) in [5.74, 6) is -0.0562. The molecule has 0 N–H and O–H groups in total. The Morgan fingerprint density at radius 2 is 2.40 bits per heavy atom. The molecule has 0 saturated carbocycles. The molecule has 0 saturated heterocycles. The summed E-state index contributed by atoms with van der Waals surface area (Å²) >= 11 is 0. The zero-order valence-electron chi connectivity index (χ0n) is 8.63. The Kier molecular flexibility index (Phi) is 2.71. The molecule has 0 radical (unpaired) electrons. The van der Waals surface area contributed by atoms with Crippen molar-refractivity contribution in [2.45, 2.75) is 32.3 Å². The van der Waals surface area contributed by atoms with E-state index in [2.05, 4.69) is 0 Å². The van der Waals surface area contributed by atoms with Crippen LogP contribution in [0, 0.1) is 5.82 Å². The molecule has 0 fully saturated rings. The van der Waals surface area contributed by atoms with Gasteiger partial charge in [0.2, 0.25) is 0 Å². The molecule has 1 aromatic rings. The van der Waals surface area contributed by atoms with E-state index < -0.39 is 6.10 Å². The van der Waals surface area contributed by atoms with Gasteiger partial charge in [-0.15, -0.1) is 0 Å². The van der Waals surface area contributed by atoms with E-state index in [1.165, 1.54) is 6.07 Å². The second-order valence-electron chi connectivity index (χ2n) is 3.76. The van der Waals surface area contributed by atoms with Crippen molar-refractivity contribution < 1.29 is 13.9 Å². The van der Waals surface area contributed by atoms with Crippen LogP contribution >= 0.6 is 0 Å². The van der Waals surface area contributed by atoms with Crippen LogP contribution in [0.1, 0.15) is 25.3 Å². The summed E-state index contributed by atoms with van der Waals surface area (Å²) in [6, 6.07) is 4.80. The molecule has 0 amide bonds. The van der Waals surface area contributed by atoms with Crippen LogP contribution in [0.4, 0.5) is 4.39 Å². The van der Waals surface area contributed by atoms with Crippen molar-refractivity contribution in [2.24, 2.45) is 0 Å². The van der Waals surface area contributed by atoms with Crippen LogP contribution in [0.25, 0.3) is 0 Å². The van der Waals surface area contributed by atoms with Crippen molar-refractivity contribution in [1.29, 1.82) is 0 Å². The molecule has 1 heterocycles. The average molecular weight is 208 g/mol. The number of hydrogen-bond acceptors (Lipinski definition) is 2. The molecule has 15 heavy (non-hydrogen) atoms. The average Bonchev–Trinajstić information content (AvgIpc) is 2.63. The molecule has 3 heteroatoms. The molecule has 1 aromatic carbocycles. The molecule has 1 aliphatic heterocycles. The van der Waals surface area contributed by atoms with Gasteiger partial charge < -0.3 is 4.74 Å². The smallest absolute Gasteiger partial charge is 0.173 e. The SMILES string of the molecule is CCCC(=O)C1Cc2cccc(F)c2O1. The van der Waals surface area contributed by atoms with Gasteiger partial charge in [-0.25, -0.2) is 4.39 Å². The number of carbonyl (C=O) groups is 1. The zero-order chi connectivity index (χ0) is 10.8. The van der Waals surface area contributed by atoms with Crippen LogP contribution in [0.15, 0.2) is 18.2 Å². The third kappa shape index (κ3) is 1.87. The Balaban J connectivity index is 2.15. The largest absolute Gasteiger partial charge is 0.479 e. The standard InChI is InChI=1S/C12H13FO2/c1-2-4-10(14)11-7-8-5-3-6-9(13)12(8)15-11/h3,5-6,11H,2,4,7H2,1H3. The number of fused-ring (bicyclic) bond motifs is 1. The lowest BCUT2D eigenvalue weighted by molar-refractivity contribution is -0.125. The summed E-state index contributed by atoms with van der Waals surface area (Å²) in [6.07, 6.45) is 1.33. The first kappa shape index (κ1) is 10.1. The molecule has 0 spiro atoms. The number of carbonyl (C=O) groups excluding carboxylic acids is 1. The lowest BCUT2D eigenvalue weighted by atomic mass is 10.0. The first-order chi connectivity index (χ1) is 7.22. The van der Waals surface area contributed by atoms with Gasteiger partial charge in [0.15, 0.2) is 23.5 Å². The van der Waals surface area contributed by atoms with Gasteiger partial charge in [0, 0.05) is 18.4 Å². The number of para-hydroxylation sites is 1. The van der Waals surface area contributed by atoms with E-state index in [-0.39, 0.29) is 17.3 Å². The fourth-order valence-electron chi connectivity index (χ4n) is 1.82. The second kappa shape index (κ2) is 4.01. The van der Waals surface area contributed by atoms with Gasteiger partial charge >= 0.3 is 0 Å². The molecule has 1 unspecified atom stereocenters. The summed E-state index contributed by atoms with van der Waals surface area (Å²) < 4.78 is 18.6. The lowest BCUT2D eigenvalue weighted by Crippen LogP contribution is -2.24. The Hall–Kier alpha value is -1.38. The molecule has 0 aliphatic carbocycles. The minimum absolute atomic E-state index is 0.0631. The third-order valence-electron chi connectivity index (χ3n) is 2.57. The number of ketones is 1. The highest BCUT2D eigenvalue weighted by atomic mass is 19.1. The van der Waals surface area contributed by atoms with E-state index >= 15 is 0 Å². The molecule has 1 atom stereocenters. The summed E-state index contributed by atoms with van der Waals surface area (Å²) in [5, 5.41) is 0. The van der Waals surface area contributed by atoms with Crippen molar-refractivity contribution in [3.63, 3.8) is 0 Å². The first-order valence-corrected chi connectivity index (χ1v) is 5.19. The molecule has 1 aliphatic rings. The minimum atomic E-state index is -0.475. The Bertz CT molecular complexity index is 387. The lowest BCUT2D eigenvalue weighted by Gasteiger charge is -2.08. The molecule has 2 nitrogen and oxygen atoms in total. The van der Waals surface area contributed by atoms with Crippen molar-refractivity contribution >= 4 is 5.78 Å². The van der Waals surface area contributed by atoms with Gasteiger partial charge in [0.05, 0.1) is 0 Å². The minimum Gasteiger partial charge on any atom is -0.479 e. The topological polar surface area (TPSA) is 26.3 Å². The van der Waals surface area contributed by atoms with E-state index in [9.17, 15) is 9.18 Å². The summed E-state index contributed by atoms with van der Waals surface area (Å²) in [6.45, 7) is 1.95. The molecule has 80 valence electrons. The highest BCUT2D eigenvalue weighted by Gasteiger charge is 2.29. The number of benzene rings is 1. The molecular formula is C12H13FO2. The monoisotopic (exact) mass is 208 g/mol. The quantitative estimate of drug-likeness (QED) is 0.762. The summed E-state index contributed by atoms with van der Waals surface area (Å²) in [7, 11) is 0. The Labute approximate surface area is 88.1 Å². The Morgan fingerprint density at radius 1 is 1.60 bits per heavy atom. The predicted molar refractivity (Wildman–Crippen MR) is 54.4 cm³/mol.